The molecule has 1 atom stereocenters. The minimum Gasteiger partial charge on any atom is -0.469 e. The third-order valence-corrected chi connectivity index (χ3v) is 9.67. The second kappa shape index (κ2) is 14.7. The summed E-state index contributed by atoms with van der Waals surface area (Å²) >= 11 is 12.5. The summed E-state index contributed by atoms with van der Waals surface area (Å²) in [6, 6.07) is 23.2. The number of nitrogens with zero attached hydrogens (tertiary/aromatic N) is 2. The molecule has 1 aliphatic rings. The first kappa shape index (κ1) is 35.4. The molecule has 1 unspecified atom stereocenters. The number of pyridine rings is 1. The first-order valence-electron chi connectivity index (χ1n) is 15.4. The van der Waals surface area contributed by atoms with Gasteiger partial charge in [-0.15, -0.1) is 0 Å². The van der Waals surface area contributed by atoms with E-state index >= 15 is 0 Å². The monoisotopic (exact) mass is 707 g/mol. The maximum Gasteiger partial charge on any atom is 0.485 e. The van der Waals surface area contributed by atoms with Crippen molar-refractivity contribution in [1.82, 2.24) is 9.29 Å². The lowest BCUT2D eigenvalue weighted by atomic mass is 9.84. The van der Waals surface area contributed by atoms with Crippen LogP contribution in [0, 0.1) is 0 Å². The van der Waals surface area contributed by atoms with E-state index in [0.717, 1.165) is 32.1 Å². The second-order valence-corrected chi connectivity index (χ2v) is 14.9. The van der Waals surface area contributed by atoms with Gasteiger partial charge in [-0.25, -0.2) is 13.5 Å². The average molecular weight is 709 g/mol. The summed E-state index contributed by atoms with van der Waals surface area (Å²) in [4.78, 5) is 4.85. The van der Waals surface area contributed by atoms with Crippen molar-refractivity contribution in [2.45, 2.75) is 69.7 Å². The Balaban J connectivity index is 1.53. The van der Waals surface area contributed by atoms with E-state index < -0.39 is 22.1 Å². The molecule has 3 aromatic carbocycles. The van der Waals surface area contributed by atoms with Gasteiger partial charge in [0.05, 0.1) is 18.2 Å². The first-order valence-corrected chi connectivity index (χ1v) is 17.3. The van der Waals surface area contributed by atoms with Crippen molar-refractivity contribution in [1.29, 1.82) is 0 Å². The van der Waals surface area contributed by atoms with E-state index in [1.165, 1.54) is 0 Å². The molecule has 0 aliphatic carbocycles. The molecule has 252 valence electrons. The SMILES string of the molecule is CC(C)OCC(C)(C)Oc1cc(NC2CCN(S(=O)C(F)(F)F)CC2)c2cc(C(c3ccc(Cl)cc3)c3ccc(Cl)cc3)ccc2n1. The van der Waals surface area contributed by atoms with Crippen molar-refractivity contribution in [2.24, 2.45) is 0 Å². The van der Waals surface area contributed by atoms with Crippen LogP contribution in [-0.2, 0) is 15.7 Å². The van der Waals surface area contributed by atoms with Gasteiger partial charge in [0.15, 0.2) is 0 Å². The van der Waals surface area contributed by atoms with Crippen LogP contribution in [0.4, 0.5) is 18.9 Å². The zero-order valence-electron chi connectivity index (χ0n) is 26.6. The number of nitrogens with one attached hydrogen (secondary N) is 1. The standard InChI is InChI=1S/C35H38Cl2F3N3O3S/c1-22(2)45-21-34(3,4)46-32-20-31(41-28-15-17-43(18-16-28)47(44)35(38,39)40)29-19-25(9-14-30(29)42-32)33(23-5-10-26(36)11-6-23)24-7-12-27(37)13-8-24/h5-14,19-20,22,28,33H,15-18,21H2,1-4H3,(H,41,42). The Morgan fingerprint density at radius 3 is 2.00 bits per heavy atom. The number of aromatic nitrogens is 1. The fourth-order valence-corrected chi connectivity index (χ4v) is 6.76. The number of piperidine rings is 1. The molecule has 0 radical (unpaired) electrons. The largest absolute Gasteiger partial charge is 0.485 e. The molecule has 2 heterocycles. The molecule has 0 saturated carbocycles. The van der Waals surface area contributed by atoms with Crippen molar-refractivity contribution in [3.05, 3.63) is 99.5 Å². The van der Waals surface area contributed by atoms with Gasteiger partial charge < -0.3 is 14.8 Å². The number of fused-ring (bicyclic) bond motifs is 1. The third-order valence-electron chi connectivity index (χ3n) is 7.94. The Morgan fingerprint density at radius 2 is 1.47 bits per heavy atom. The van der Waals surface area contributed by atoms with Gasteiger partial charge in [0, 0.05) is 52.2 Å². The van der Waals surface area contributed by atoms with Crippen molar-refractivity contribution in [2.75, 3.05) is 25.0 Å². The van der Waals surface area contributed by atoms with Crippen molar-refractivity contribution >= 4 is 50.8 Å². The molecule has 1 N–H and O–H groups in total. The molecular formula is C35H38Cl2F3N3O3S. The van der Waals surface area contributed by atoms with Crippen LogP contribution >= 0.6 is 23.2 Å². The van der Waals surface area contributed by atoms with Crippen LogP contribution in [0.1, 0.15) is 63.1 Å². The Bertz CT molecular complexity index is 1650. The molecule has 1 saturated heterocycles. The minimum atomic E-state index is -4.78. The zero-order valence-corrected chi connectivity index (χ0v) is 28.9. The lowest BCUT2D eigenvalue weighted by Crippen LogP contribution is -2.43. The summed E-state index contributed by atoms with van der Waals surface area (Å²) in [5.74, 6) is 0.248. The number of ether oxygens (including phenoxy) is 2. The number of anilines is 1. The van der Waals surface area contributed by atoms with Gasteiger partial charge in [0.25, 0.3) is 0 Å². The number of benzene rings is 3. The lowest BCUT2D eigenvalue weighted by molar-refractivity contribution is -0.0432. The molecule has 0 amide bonds. The van der Waals surface area contributed by atoms with E-state index in [1.54, 1.807) is 0 Å². The van der Waals surface area contributed by atoms with Gasteiger partial charge in [-0.1, -0.05) is 53.5 Å². The second-order valence-electron chi connectivity index (χ2n) is 12.6. The molecule has 5 rings (SSSR count). The molecule has 1 aliphatic heterocycles. The van der Waals surface area contributed by atoms with E-state index in [-0.39, 0.29) is 31.2 Å². The number of hydrogen-bond donors (Lipinski definition) is 1. The molecule has 0 bridgehead atoms. The highest BCUT2D eigenvalue weighted by atomic mass is 35.5. The summed E-state index contributed by atoms with van der Waals surface area (Å²) in [7, 11) is -3.03. The summed E-state index contributed by atoms with van der Waals surface area (Å²) in [5.41, 5.74) is -0.943. The highest BCUT2D eigenvalue weighted by molar-refractivity contribution is 7.83. The highest BCUT2D eigenvalue weighted by Crippen LogP contribution is 2.38. The number of rotatable bonds is 11. The van der Waals surface area contributed by atoms with Crippen LogP contribution in [0.3, 0.4) is 0 Å². The van der Waals surface area contributed by atoms with Gasteiger partial charge in [-0.05, 0) is 93.6 Å². The van der Waals surface area contributed by atoms with E-state index in [0.29, 0.717) is 40.9 Å². The third kappa shape index (κ3) is 9.18. The Hall–Kier alpha value is -2.89. The van der Waals surface area contributed by atoms with E-state index in [4.69, 9.17) is 37.7 Å². The number of halogens is 5. The van der Waals surface area contributed by atoms with Crippen molar-refractivity contribution in [3.8, 4) is 5.88 Å². The Kier molecular flexibility index (Phi) is 11.1. The summed E-state index contributed by atoms with van der Waals surface area (Å²) < 4.78 is 64.4. The predicted molar refractivity (Wildman–Crippen MR) is 184 cm³/mol. The predicted octanol–water partition coefficient (Wildman–Crippen LogP) is 9.36. The van der Waals surface area contributed by atoms with Crippen LogP contribution in [-0.4, -0.2) is 56.4 Å². The number of hydrogen-bond acceptors (Lipinski definition) is 5. The van der Waals surface area contributed by atoms with E-state index in [9.17, 15) is 17.4 Å². The summed E-state index contributed by atoms with van der Waals surface area (Å²) in [6.07, 6.45) is 0.797. The van der Waals surface area contributed by atoms with Crippen molar-refractivity contribution in [3.63, 3.8) is 0 Å². The molecule has 12 heteroatoms. The zero-order chi connectivity index (χ0) is 33.9. The lowest BCUT2D eigenvalue weighted by Gasteiger charge is -2.32. The smallest absolute Gasteiger partial charge is 0.469 e. The molecule has 6 nitrogen and oxygen atoms in total. The Labute approximate surface area is 286 Å². The van der Waals surface area contributed by atoms with Crippen LogP contribution in [0.5, 0.6) is 5.88 Å². The van der Waals surface area contributed by atoms with Crippen LogP contribution in [0.2, 0.25) is 10.0 Å². The van der Waals surface area contributed by atoms with E-state index in [2.05, 4.69) is 11.4 Å². The molecule has 1 aromatic heterocycles. The molecule has 4 aromatic rings. The first-order chi connectivity index (χ1) is 22.2. The van der Waals surface area contributed by atoms with E-state index in [1.807, 2.05) is 94.4 Å². The van der Waals surface area contributed by atoms with Gasteiger partial charge in [-0.3, -0.25) is 0 Å². The molecule has 0 spiro atoms. The minimum absolute atomic E-state index is 0.0323. The highest BCUT2D eigenvalue weighted by Gasteiger charge is 2.42. The van der Waals surface area contributed by atoms with Gasteiger partial charge >= 0.3 is 5.51 Å². The Morgan fingerprint density at radius 1 is 0.915 bits per heavy atom. The summed E-state index contributed by atoms with van der Waals surface area (Å²) in [5, 5.41) is 5.67. The maximum atomic E-state index is 13.1. The van der Waals surface area contributed by atoms with Crippen LogP contribution in [0.25, 0.3) is 10.9 Å². The fraction of sp³-hybridized carbons (Fsp3) is 0.400. The van der Waals surface area contributed by atoms with Gasteiger partial charge in [-0.2, -0.15) is 13.2 Å². The number of alkyl halides is 3. The topological polar surface area (TPSA) is 63.7 Å². The molecular weight excluding hydrogens is 670 g/mol. The maximum absolute atomic E-state index is 13.1. The normalized spacial score (nSPS) is 15.8. The van der Waals surface area contributed by atoms with Crippen LogP contribution in [0.15, 0.2) is 72.8 Å². The summed E-state index contributed by atoms with van der Waals surface area (Å²) in [6.45, 7) is 8.23. The van der Waals surface area contributed by atoms with Gasteiger partial charge in [0.1, 0.15) is 5.60 Å². The van der Waals surface area contributed by atoms with Crippen molar-refractivity contribution < 1.29 is 26.9 Å². The van der Waals surface area contributed by atoms with Gasteiger partial charge in [0.2, 0.25) is 16.9 Å². The quantitative estimate of drug-likeness (QED) is 0.157. The fourth-order valence-electron chi connectivity index (χ4n) is 5.67. The molecule has 1 fully saturated rings. The van der Waals surface area contributed by atoms with Crippen LogP contribution < -0.4 is 10.1 Å². The molecule has 47 heavy (non-hydrogen) atoms. The average Bonchev–Trinajstić information content (AvgIpc) is 3.02.